The summed E-state index contributed by atoms with van der Waals surface area (Å²) in [5.74, 6) is 0.659. The van der Waals surface area contributed by atoms with E-state index in [0.717, 1.165) is 19.3 Å². The van der Waals surface area contributed by atoms with Crippen LogP contribution in [-0.4, -0.2) is 16.9 Å². The molecule has 0 heterocycles. The molecule has 3 N–H and O–H groups in total. The van der Waals surface area contributed by atoms with Crippen LogP contribution in [0.4, 0.5) is 5.69 Å². The average molecular weight is 289 g/mol. The van der Waals surface area contributed by atoms with E-state index in [1.165, 1.54) is 6.07 Å². The highest BCUT2D eigenvalue weighted by molar-refractivity contribution is 5.80. The van der Waals surface area contributed by atoms with Gasteiger partial charge >= 0.3 is 0 Å². The smallest absolute Gasteiger partial charge is 0.274 e. The number of para-hydroxylation sites is 1. The molecule has 2 saturated carbocycles. The zero-order chi connectivity index (χ0) is 15.0. The van der Waals surface area contributed by atoms with Gasteiger partial charge in [0, 0.05) is 24.2 Å². The normalized spacial score (nSPS) is 30.3. The lowest BCUT2D eigenvalue weighted by molar-refractivity contribution is -0.385. The van der Waals surface area contributed by atoms with Gasteiger partial charge in [0.25, 0.3) is 5.69 Å². The number of fused-ring (bicyclic) bond motifs is 2. The maximum Gasteiger partial charge on any atom is 0.274 e. The number of nitrogens with two attached hydrogens (primary N) is 1. The lowest BCUT2D eigenvalue weighted by Crippen LogP contribution is -2.45. The largest absolute Gasteiger partial charge is 0.351 e. The van der Waals surface area contributed by atoms with E-state index in [-0.39, 0.29) is 30.1 Å². The number of nitro benzene ring substituents is 1. The topological polar surface area (TPSA) is 98.3 Å². The molecular weight excluding hydrogens is 270 g/mol. The molecule has 112 valence electrons. The fourth-order valence-corrected chi connectivity index (χ4v) is 3.86. The fraction of sp³-hybridized carbons (Fsp3) is 0.533. The number of hydrogen-bond acceptors (Lipinski definition) is 4. The third-order valence-electron chi connectivity index (χ3n) is 4.92. The predicted octanol–water partition coefficient (Wildman–Crippen LogP) is 1.58. The molecular formula is C15H19N3O3. The SMILES string of the molecule is NC1C2CCC(C2)C1C(=O)NCc1ccccc1[N+](=O)[O-]. The first-order valence-electron chi connectivity index (χ1n) is 7.33. The predicted molar refractivity (Wildman–Crippen MR) is 77.2 cm³/mol. The van der Waals surface area contributed by atoms with Crippen LogP contribution in [0.15, 0.2) is 24.3 Å². The number of nitro groups is 1. The molecule has 2 aliphatic rings. The van der Waals surface area contributed by atoms with E-state index < -0.39 is 4.92 Å². The van der Waals surface area contributed by atoms with Crippen molar-refractivity contribution >= 4 is 11.6 Å². The fourth-order valence-electron chi connectivity index (χ4n) is 3.86. The van der Waals surface area contributed by atoms with Crippen molar-refractivity contribution < 1.29 is 9.72 Å². The highest BCUT2D eigenvalue weighted by atomic mass is 16.6. The molecule has 1 amide bonds. The van der Waals surface area contributed by atoms with Gasteiger partial charge in [-0.25, -0.2) is 0 Å². The Balaban J connectivity index is 1.66. The molecule has 0 aliphatic heterocycles. The minimum Gasteiger partial charge on any atom is -0.351 e. The van der Waals surface area contributed by atoms with E-state index in [1.54, 1.807) is 18.2 Å². The second-order valence-electron chi connectivity index (χ2n) is 6.04. The maximum atomic E-state index is 12.3. The Morgan fingerprint density at radius 2 is 2.05 bits per heavy atom. The summed E-state index contributed by atoms with van der Waals surface area (Å²) in [6.07, 6.45) is 3.24. The quantitative estimate of drug-likeness (QED) is 0.649. The second-order valence-corrected chi connectivity index (χ2v) is 6.04. The third-order valence-corrected chi connectivity index (χ3v) is 4.92. The summed E-state index contributed by atoms with van der Waals surface area (Å²) >= 11 is 0. The summed E-state index contributed by atoms with van der Waals surface area (Å²) in [6.45, 7) is 0.177. The van der Waals surface area contributed by atoms with Gasteiger partial charge in [-0.2, -0.15) is 0 Å². The number of nitrogens with zero attached hydrogens (tertiary/aromatic N) is 1. The molecule has 3 rings (SSSR count). The van der Waals surface area contributed by atoms with E-state index in [9.17, 15) is 14.9 Å². The Hall–Kier alpha value is -1.95. The number of rotatable bonds is 4. The molecule has 0 aromatic heterocycles. The van der Waals surface area contributed by atoms with Crippen LogP contribution in [0.25, 0.3) is 0 Å². The van der Waals surface area contributed by atoms with Gasteiger partial charge < -0.3 is 11.1 Å². The summed E-state index contributed by atoms with van der Waals surface area (Å²) in [6, 6.07) is 6.41. The van der Waals surface area contributed by atoms with Crippen molar-refractivity contribution in [2.45, 2.75) is 31.8 Å². The Kier molecular flexibility index (Phi) is 3.63. The number of hydrogen-bond donors (Lipinski definition) is 2. The lowest BCUT2D eigenvalue weighted by atomic mass is 9.84. The molecule has 4 unspecified atom stereocenters. The van der Waals surface area contributed by atoms with E-state index in [4.69, 9.17) is 5.73 Å². The van der Waals surface area contributed by atoms with Gasteiger partial charge in [0.1, 0.15) is 0 Å². The van der Waals surface area contributed by atoms with Crippen molar-refractivity contribution in [1.82, 2.24) is 5.32 Å². The molecule has 2 fully saturated rings. The molecule has 4 atom stereocenters. The van der Waals surface area contributed by atoms with Crippen LogP contribution in [-0.2, 0) is 11.3 Å². The molecule has 0 spiro atoms. The van der Waals surface area contributed by atoms with Crippen molar-refractivity contribution in [3.8, 4) is 0 Å². The van der Waals surface area contributed by atoms with Gasteiger partial charge in [0.15, 0.2) is 0 Å². The number of benzene rings is 1. The van der Waals surface area contributed by atoms with E-state index >= 15 is 0 Å². The van der Waals surface area contributed by atoms with Gasteiger partial charge in [-0.05, 0) is 31.1 Å². The Bertz CT molecular complexity index is 573. The zero-order valence-corrected chi connectivity index (χ0v) is 11.7. The molecule has 6 nitrogen and oxygen atoms in total. The van der Waals surface area contributed by atoms with Crippen LogP contribution in [0, 0.1) is 27.9 Å². The van der Waals surface area contributed by atoms with Crippen LogP contribution < -0.4 is 11.1 Å². The van der Waals surface area contributed by atoms with Gasteiger partial charge in [-0.3, -0.25) is 14.9 Å². The first-order chi connectivity index (χ1) is 10.1. The van der Waals surface area contributed by atoms with Crippen molar-refractivity contribution in [2.24, 2.45) is 23.5 Å². The van der Waals surface area contributed by atoms with Crippen molar-refractivity contribution in [3.63, 3.8) is 0 Å². The molecule has 1 aromatic carbocycles. The van der Waals surface area contributed by atoms with Crippen molar-refractivity contribution in [1.29, 1.82) is 0 Å². The standard InChI is InChI=1S/C15H19N3O3/c16-14-10-6-5-9(7-10)13(14)15(19)17-8-11-3-1-2-4-12(11)18(20)21/h1-4,9-10,13-14H,5-8,16H2,(H,17,19). The van der Waals surface area contributed by atoms with Gasteiger partial charge in [-0.15, -0.1) is 0 Å². The second kappa shape index (κ2) is 5.44. The zero-order valence-electron chi connectivity index (χ0n) is 11.7. The molecule has 1 aromatic rings. The van der Waals surface area contributed by atoms with Crippen LogP contribution in [0.5, 0.6) is 0 Å². The number of amides is 1. The third kappa shape index (κ3) is 2.51. The van der Waals surface area contributed by atoms with E-state index in [2.05, 4.69) is 5.32 Å². The minimum absolute atomic E-state index is 0.0371. The highest BCUT2D eigenvalue weighted by Crippen LogP contribution is 2.47. The van der Waals surface area contributed by atoms with Crippen LogP contribution in [0.3, 0.4) is 0 Å². The monoisotopic (exact) mass is 289 g/mol. The van der Waals surface area contributed by atoms with Crippen LogP contribution in [0.2, 0.25) is 0 Å². The summed E-state index contributed by atoms with van der Waals surface area (Å²) < 4.78 is 0. The first-order valence-corrected chi connectivity index (χ1v) is 7.33. The van der Waals surface area contributed by atoms with E-state index in [1.807, 2.05) is 0 Å². The Morgan fingerprint density at radius 1 is 1.33 bits per heavy atom. The van der Waals surface area contributed by atoms with Crippen LogP contribution in [0.1, 0.15) is 24.8 Å². The first kappa shape index (κ1) is 14.0. The number of carbonyl (C=O) groups is 1. The van der Waals surface area contributed by atoms with Gasteiger partial charge in [0.2, 0.25) is 5.91 Å². The summed E-state index contributed by atoms with van der Waals surface area (Å²) in [4.78, 5) is 22.9. The molecule has 2 bridgehead atoms. The number of nitrogens with one attached hydrogen (secondary N) is 1. The highest BCUT2D eigenvalue weighted by Gasteiger charge is 2.48. The van der Waals surface area contributed by atoms with Crippen molar-refractivity contribution in [3.05, 3.63) is 39.9 Å². The molecule has 0 radical (unpaired) electrons. The van der Waals surface area contributed by atoms with Gasteiger partial charge in [0.05, 0.1) is 10.8 Å². The molecule has 0 saturated heterocycles. The maximum absolute atomic E-state index is 12.3. The van der Waals surface area contributed by atoms with Crippen molar-refractivity contribution in [2.75, 3.05) is 0 Å². The Morgan fingerprint density at radius 3 is 2.71 bits per heavy atom. The number of carbonyl (C=O) groups excluding carboxylic acids is 1. The minimum atomic E-state index is -0.426. The molecule has 21 heavy (non-hydrogen) atoms. The molecule has 6 heteroatoms. The molecule has 2 aliphatic carbocycles. The Labute approximate surface area is 122 Å². The summed E-state index contributed by atoms with van der Waals surface area (Å²) in [5, 5.41) is 13.8. The summed E-state index contributed by atoms with van der Waals surface area (Å²) in [5.41, 5.74) is 6.70. The average Bonchev–Trinajstić information content (AvgIpc) is 3.05. The van der Waals surface area contributed by atoms with Gasteiger partial charge in [-0.1, -0.05) is 18.2 Å². The lowest BCUT2D eigenvalue weighted by Gasteiger charge is -2.27. The van der Waals surface area contributed by atoms with E-state index in [0.29, 0.717) is 17.4 Å². The van der Waals surface area contributed by atoms with Crippen LogP contribution >= 0.6 is 0 Å². The summed E-state index contributed by atoms with van der Waals surface area (Å²) in [7, 11) is 0.